The summed E-state index contributed by atoms with van der Waals surface area (Å²) in [5, 5.41) is 10.9. The number of aliphatic carboxylic acids is 1. The molecule has 1 aliphatic heterocycles. The van der Waals surface area contributed by atoms with Crippen molar-refractivity contribution in [3.8, 4) is 5.75 Å². The lowest BCUT2D eigenvalue weighted by Crippen LogP contribution is -2.32. The largest absolute Gasteiger partial charge is 0.493 e. The van der Waals surface area contributed by atoms with E-state index in [-0.39, 0.29) is 28.1 Å². The molecule has 2 atom stereocenters. The third-order valence-electron chi connectivity index (χ3n) is 7.50. The number of hydrogen-bond donors (Lipinski definition) is 2. The molecule has 1 aromatic heterocycles. The number of pyridine rings is 1. The van der Waals surface area contributed by atoms with Gasteiger partial charge in [0.05, 0.1) is 23.0 Å². The molecule has 276 valence electrons. The van der Waals surface area contributed by atoms with Gasteiger partial charge in [-0.15, -0.1) is 0 Å². The van der Waals surface area contributed by atoms with Gasteiger partial charge in [0.25, 0.3) is 5.24 Å². The quantitative estimate of drug-likeness (QED) is 0.167. The van der Waals surface area contributed by atoms with Gasteiger partial charge < -0.3 is 19.3 Å². The van der Waals surface area contributed by atoms with Crippen LogP contribution in [-0.4, -0.2) is 69.9 Å². The number of thioether (sulfide) groups is 1. The maximum atomic E-state index is 12.0. The molecule has 2 amide bonds. The van der Waals surface area contributed by atoms with Crippen LogP contribution < -0.4 is 10.1 Å². The number of nitrogens with one attached hydrogen (secondary N) is 1. The van der Waals surface area contributed by atoms with E-state index in [1.54, 1.807) is 36.4 Å². The van der Waals surface area contributed by atoms with Crippen LogP contribution in [0.25, 0.3) is 0 Å². The first-order chi connectivity index (χ1) is 25.4. The van der Waals surface area contributed by atoms with E-state index in [1.807, 2.05) is 50.4 Å². The summed E-state index contributed by atoms with van der Waals surface area (Å²) in [5.41, 5.74) is 5.71. The van der Waals surface area contributed by atoms with Gasteiger partial charge in [0.2, 0.25) is 12.0 Å². The maximum Gasteiger partial charge on any atom is 0.373 e. The van der Waals surface area contributed by atoms with Crippen molar-refractivity contribution in [2.75, 3.05) is 13.2 Å². The van der Waals surface area contributed by atoms with Crippen molar-refractivity contribution in [2.45, 2.75) is 51.4 Å². The average molecular weight is 743 g/mol. The summed E-state index contributed by atoms with van der Waals surface area (Å²) in [7, 11) is 0. The molecule has 0 spiro atoms. The molecular weight excluding hydrogens is 704 g/mol. The number of carboxylic acid groups (broad SMARTS) is 1. The molecule has 1 saturated heterocycles. The first-order valence-electron chi connectivity index (χ1n) is 16.3. The Bertz CT molecular complexity index is 1870. The number of aromatic nitrogens is 1. The highest BCUT2D eigenvalue weighted by Gasteiger charge is 2.31. The fraction of sp³-hybridized carbons (Fsp3) is 0.256. The number of aryl methyl sites for hydroxylation is 3. The van der Waals surface area contributed by atoms with Crippen LogP contribution in [0.2, 0.25) is 0 Å². The van der Waals surface area contributed by atoms with Crippen molar-refractivity contribution in [3.05, 3.63) is 130 Å². The summed E-state index contributed by atoms with van der Waals surface area (Å²) in [6.45, 7) is 5.84. The van der Waals surface area contributed by atoms with Crippen molar-refractivity contribution in [3.63, 3.8) is 0 Å². The molecule has 1 fully saturated rings. The molecule has 0 unspecified atom stereocenters. The first-order valence-corrected chi connectivity index (χ1v) is 17.2. The summed E-state index contributed by atoms with van der Waals surface area (Å²) in [6, 6.07) is 24.9. The highest BCUT2D eigenvalue weighted by molar-refractivity contribution is 8.15. The molecule has 3 aromatic carbocycles. The Kier molecular flexibility index (Phi) is 16.6. The van der Waals surface area contributed by atoms with Gasteiger partial charge in [-0.3, -0.25) is 19.9 Å². The predicted molar refractivity (Wildman–Crippen MR) is 192 cm³/mol. The molecule has 13 nitrogen and oxygen atoms in total. The Balaban J connectivity index is 0.000000266. The van der Waals surface area contributed by atoms with Gasteiger partial charge in [0, 0.05) is 18.3 Å². The number of ether oxygens (including phenoxy) is 3. The van der Waals surface area contributed by atoms with Gasteiger partial charge in [-0.1, -0.05) is 72.3 Å². The number of hydrogen-bond acceptors (Lipinski definition) is 12. The van der Waals surface area contributed by atoms with E-state index in [0.717, 1.165) is 52.7 Å². The van der Waals surface area contributed by atoms with Crippen molar-refractivity contribution in [1.82, 2.24) is 10.3 Å². The van der Waals surface area contributed by atoms with E-state index in [2.05, 4.69) is 23.3 Å². The molecule has 53 heavy (non-hydrogen) atoms. The van der Waals surface area contributed by atoms with Crippen LogP contribution in [0.3, 0.4) is 0 Å². The molecule has 2 heterocycles. The lowest BCUT2D eigenvalue weighted by Gasteiger charge is -2.14. The Morgan fingerprint density at radius 3 is 1.91 bits per heavy atom. The minimum Gasteiger partial charge on any atom is -0.493 e. The molecule has 1 aliphatic rings. The number of imide groups is 1. The second-order valence-electron chi connectivity index (χ2n) is 11.5. The second-order valence-corrected chi connectivity index (χ2v) is 12.7. The smallest absolute Gasteiger partial charge is 0.373 e. The lowest BCUT2D eigenvalue weighted by atomic mass is 10.1. The van der Waals surface area contributed by atoms with E-state index >= 15 is 0 Å². The number of nitrogens with zero attached hydrogens (tertiary/aromatic N) is 1. The number of carbonyl (C=O) groups excluding carboxylic acids is 6. The van der Waals surface area contributed by atoms with Crippen molar-refractivity contribution in [1.29, 1.82) is 0 Å². The highest BCUT2D eigenvalue weighted by Crippen LogP contribution is 2.24. The molecule has 2 N–H and O–H groups in total. The van der Waals surface area contributed by atoms with Gasteiger partial charge >= 0.3 is 24.1 Å². The van der Waals surface area contributed by atoms with Crippen LogP contribution >= 0.6 is 11.8 Å². The fourth-order valence-corrected chi connectivity index (χ4v) is 5.38. The zero-order valence-electron chi connectivity index (χ0n) is 29.2. The standard InChI is InChI=1S/C19H20N2O3S.C19H18O6.CO2/c1-2-13-3-6-15(20-12-13)9-10-24-16-7-4-14(5-8-16)11-17-18(22)21-19(23)25-17;1-12-3-7-14(8-4-12)18(22)24-11-16(17(20)21)25-19(23)15-9-5-13(2)6-10-15;2-1-3/h3-8,12,17H,2,9-11H2,1H3,(H,21,22,23);3-10,16H,11H2,1-2H3,(H,20,21);/t17-;16-;/m10./s1. The molecule has 0 radical (unpaired) electrons. The molecule has 0 saturated carbocycles. The van der Waals surface area contributed by atoms with Crippen LogP contribution in [0.1, 0.15) is 55.6 Å². The van der Waals surface area contributed by atoms with Crippen LogP contribution in [-0.2, 0) is 47.9 Å². The first kappa shape index (κ1) is 41.3. The topological polar surface area (TPSA) is 192 Å². The monoisotopic (exact) mass is 742 g/mol. The highest BCUT2D eigenvalue weighted by atomic mass is 32.2. The Labute approximate surface area is 310 Å². The number of benzene rings is 3. The molecular formula is C39H38N2O11S. The number of carbonyl (C=O) groups is 5. The molecule has 5 rings (SSSR count). The maximum absolute atomic E-state index is 12.0. The summed E-state index contributed by atoms with van der Waals surface area (Å²) in [4.78, 5) is 78.6. The summed E-state index contributed by atoms with van der Waals surface area (Å²) in [6.07, 6.45) is 2.86. The normalized spacial score (nSPS) is 13.5. The van der Waals surface area contributed by atoms with Gasteiger partial charge in [-0.2, -0.15) is 9.59 Å². The number of esters is 2. The van der Waals surface area contributed by atoms with Gasteiger partial charge in [0.15, 0.2) is 0 Å². The van der Waals surface area contributed by atoms with E-state index in [4.69, 9.17) is 28.9 Å². The van der Waals surface area contributed by atoms with Crippen molar-refractivity contribution < 1.29 is 52.9 Å². The fourth-order valence-electron chi connectivity index (χ4n) is 4.52. The zero-order valence-corrected chi connectivity index (χ0v) is 30.1. The Morgan fingerprint density at radius 2 is 1.42 bits per heavy atom. The third kappa shape index (κ3) is 14.2. The summed E-state index contributed by atoms with van der Waals surface area (Å²) >= 11 is 1.05. The van der Waals surface area contributed by atoms with Crippen LogP contribution in [0.5, 0.6) is 5.75 Å². The number of rotatable bonds is 13. The van der Waals surface area contributed by atoms with Gasteiger partial charge in [-0.25, -0.2) is 14.4 Å². The number of amides is 2. The minimum atomic E-state index is -1.58. The van der Waals surface area contributed by atoms with Gasteiger partial charge in [0.1, 0.15) is 12.4 Å². The Morgan fingerprint density at radius 1 is 0.849 bits per heavy atom. The summed E-state index contributed by atoms with van der Waals surface area (Å²) < 4.78 is 15.6. The van der Waals surface area contributed by atoms with E-state index in [9.17, 15) is 24.0 Å². The van der Waals surface area contributed by atoms with E-state index in [0.29, 0.717) is 18.6 Å². The minimum absolute atomic E-state index is 0.211. The predicted octanol–water partition coefficient (Wildman–Crippen LogP) is 5.35. The lowest BCUT2D eigenvalue weighted by molar-refractivity contribution is -0.191. The third-order valence-corrected chi connectivity index (χ3v) is 8.48. The van der Waals surface area contributed by atoms with Crippen molar-refractivity contribution in [2.24, 2.45) is 0 Å². The Hall–Kier alpha value is -6.11. The van der Waals surface area contributed by atoms with E-state index < -0.39 is 30.6 Å². The SMILES string of the molecule is CCc1ccc(CCOc2ccc(C[C@H]3SC(=O)NC3=O)cc2)nc1.Cc1ccc(C(=O)OC[C@H](OC(=O)c2ccc(C)cc2)C(=O)O)cc1.O=C=O. The number of carboxylic acids is 1. The van der Waals surface area contributed by atoms with Crippen LogP contribution in [0.4, 0.5) is 4.79 Å². The van der Waals surface area contributed by atoms with Crippen LogP contribution in [0.15, 0.2) is 91.1 Å². The second kappa shape index (κ2) is 21.3. The molecule has 0 bridgehead atoms. The average Bonchev–Trinajstić information content (AvgIpc) is 3.47. The van der Waals surface area contributed by atoms with E-state index in [1.165, 1.54) is 17.7 Å². The van der Waals surface area contributed by atoms with Crippen molar-refractivity contribution >= 4 is 47.0 Å². The van der Waals surface area contributed by atoms with Crippen LogP contribution in [0, 0.1) is 13.8 Å². The summed E-state index contributed by atoms with van der Waals surface area (Å²) in [5.74, 6) is -2.29. The molecule has 4 aromatic rings. The zero-order chi connectivity index (χ0) is 38.8. The molecule has 14 heteroatoms. The molecule has 0 aliphatic carbocycles. The van der Waals surface area contributed by atoms with Gasteiger partial charge in [-0.05, 0) is 80.3 Å².